The van der Waals surface area contributed by atoms with E-state index in [0.717, 1.165) is 54.7 Å². The van der Waals surface area contributed by atoms with Crippen LogP contribution in [0.5, 0.6) is 5.75 Å². The molecule has 0 spiro atoms. The van der Waals surface area contributed by atoms with Crippen LogP contribution in [0.15, 0.2) is 35.6 Å². The second-order valence-electron chi connectivity index (χ2n) is 6.97. The van der Waals surface area contributed by atoms with Crippen LogP contribution in [-0.4, -0.2) is 80.7 Å². The molecule has 29 heavy (non-hydrogen) atoms. The van der Waals surface area contributed by atoms with Crippen molar-refractivity contribution in [2.75, 3.05) is 70.7 Å². The maximum Gasteiger partial charge on any atom is 0.132 e. The number of piperazine rings is 1. The highest BCUT2D eigenvalue weighted by Crippen LogP contribution is 2.24. The number of ether oxygens (including phenoxy) is 2. The summed E-state index contributed by atoms with van der Waals surface area (Å²) in [6.45, 7) is 7.54. The van der Waals surface area contributed by atoms with Gasteiger partial charge in [0, 0.05) is 57.2 Å². The summed E-state index contributed by atoms with van der Waals surface area (Å²) >= 11 is 0. The maximum absolute atomic E-state index is 6.29. The van der Waals surface area contributed by atoms with Crippen LogP contribution in [0.2, 0.25) is 0 Å². The van der Waals surface area contributed by atoms with Gasteiger partial charge >= 0.3 is 0 Å². The first-order valence-corrected chi connectivity index (χ1v) is 9.94. The van der Waals surface area contributed by atoms with Crippen molar-refractivity contribution in [2.45, 2.75) is 6.92 Å². The zero-order valence-electron chi connectivity index (χ0n) is 17.5. The smallest absolute Gasteiger partial charge is 0.132 e. The third kappa shape index (κ3) is 5.42. The van der Waals surface area contributed by atoms with E-state index in [1.807, 2.05) is 31.2 Å². The minimum absolute atomic E-state index is 0.473. The fourth-order valence-electron chi connectivity index (χ4n) is 3.22. The number of benzene rings is 1. The maximum atomic E-state index is 6.29. The lowest BCUT2D eigenvalue weighted by molar-refractivity contribution is 0.146. The molecule has 1 aliphatic rings. The van der Waals surface area contributed by atoms with Gasteiger partial charge in [-0.15, -0.1) is 0 Å². The summed E-state index contributed by atoms with van der Waals surface area (Å²) in [7, 11) is 3.79. The molecule has 2 aromatic rings. The number of methoxy groups -OCH3 is 1. The molecular weight excluding hydrogens is 368 g/mol. The number of likely N-dealkylation sites (N-methyl/N-ethyl adjacent to an activating group) is 1. The van der Waals surface area contributed by atoms with Crippen LogP contribution in [0.1, 0.15) is 18.2 Å². The number of rotatable bonds is 8. The van der Waals surface area contributed by atoms with E-state index in [0.29, 0.717) is 25.4 Å². The molecule has 0 atom stereocenters. The average molecular weight is 399 g/mol. The number of nitrogen functional groups attached to an aromatic ring is 1. The molecular formula is C21H30N6O2. The van der Waals surface area contributed by atoms with Gasteiger partial charge in [-0.05, 0) is 32.2 Å². The summed E-state index contributed by atoms with van der Waals surface area (Å²) in [6.07, 6.45) is 1.60. The number of aromatic nitrogens is 2. The lowest BCUT2D eigenvalue weighted by Crippen LogP contribution is -2.44. The van der Waals surface area contributed by atoms with Crippen LogP contribution in [0.3, 0.4) is 0 Å². The largest absolute Gasteiger partial charge is 0.491 e. The Kier molecular flexibility index (Phi) is 7.37. The highest BCUT2D eigenvalue weighted by atomic mass is 16.5. The lowest BCUT2D eigenvalue weighted by Gasteiger charge is -2.33. The molecule has 8 nitrogen and oxygen atoms in total. The molecule has 2 N–H and O–H groups in total. The van der Waals surface area contributed by atoms with Gasteiger partial charge in [-0.1, -0.05) is 0 Å². The summed E-state index contributed by atoms with van der Waals surface area (Å²) in [5.74, 6) is 1.64. The zero-order valence-corrected chi connectivity index (χ0v) is 17.5. The van der Waals surface area contributed by atoms with Crippen molar-refractivity contribution in [3.8, 4) is 5.75 Å². The third-order valence-electron chi connectivity index (χ3n) is 4.87. The summed E-state index contributed by atoms with van der Waals surface area (Å²) in [5.41, 5.74) is 9.24. The molecule has 3 rings (SSSR count). The Balaban J connectivity index is 1.90. The van der Waals surface area contributed by atoms with Crippen molar-refractivity contribution in [2.24, 2.45) is 4.99 Å². The Morgan fingerprint density at radius 3 is 2.66 bits per heavy atom. The van der Waals surface area contributed by atoms with Crippen LogP contribution >= 0.6 is 0 Å². The first-order valence-electron chi connectivity index (χ1n) is 9.94. The fourth-order valence-corrected chi connectivity index (χ4v) is 3.22. The molecule has 156 valence electrons. The van der Waals surface area contributed by atoms with Crippen LogP contribution in [0.25, 0.3) is 0 Å². The Labute approximate surface area is 172 Å². The molecule has 0 amide bonds. The first kappa shape index (κ1) is 21.0. The number of hydrogen-bond acceptors (Lipinski definition) is 8. The molecule has 1 aliphatic heterocycles. The highest BCUT2D eigenvalue weighted by molar-refractivity contribution is 6.15. The topological polar surface area (TPSA) is 89.1 Å². The van der Waals surface area contributed by atoms with Gasteiger partial charge in [0.05, 0.1) is 18.0 Å². The van der Waals surface area contributed by atoms with Crippen LogP contribution in [-0.2, 0) is 4.74 Å². The van der Waals surface area contributed by atoms with E-state index in [4.69, 9.17) is 20.2 Å². The van der Waals surface area contributed by atoms with E-state index in [-0.39, 0.29) is 0 Å². The summed E-state index contributed by atoms with van der Waals surface area (Å²) in [5, 5.41) is 0. The predicted molar refractivity (Wildman–Crippen MR) is 116 cm³/mol. The lowest BCUT2D eigenvalue weighted by atomic mass is 10.0. The minimum Gasteiger partial charge on any atom is -0.491 e. The summed E-state index contributed by atoms with van der Waals surface area (Å²) in [6, 6.07) is 7.60. The molecule has 1 fully saturated rings. The van der Waals surface area contributed by atoms with Gasteiger partial charge in [-0.25, -0.2) is 9.97 Å². The molecule has 0 radical (unpaired) electrons. The van der Waals surface area contributed by atoms with Crippen molar-refractivity contribution >= 4 is 17.2 Å². The van der Waals surface area contributed by atoms with Gasteiger partial charge in [-0.3, -0.25) is 4.99 Å². The number of nitrogens with zero attached hydrogens (tertiary/aromatic N) is 5. The van der Waals surface area contributed by atoms with E-state index in [9.17, 15) is 0 Å². The SMILES string of the molecule is CCN=C(c1cc(N2CCN(C)CC2)ncn1)c1cc(OCCOC)ccc1N. The number of hydrogen-bond donors (Lipinski definition) is 1. The average Bonchev–Trinajstić information content (AvgIpc) is 2.74. The van der Waals surface area contributed by atoms with Crippen molar-refractivity contribution in [3.63, 3.8) is 0 Å². The number of aliphatic imine (C=N–C) groups is 1. The fraction of sp³-hybridized carbons (Fsp3) is 0.476. The first-order chi connectivity index (χ1) is 14.1. The molecule has 2 heterocycles. The van der Waals surface area contributed by atoms with Crippen LogP contribution in [0.4, 0.5) is 11.5 Å². The summed E-state index contributed by atoms with van der Waals surface area (Å²) in [4.78, 5) is 18.3. The van der Waals surface area contributed by atoms with Crippen molar-refractivity contribution < 1.29 is 9.47 Å². The molecule has 1 aromatic carbocycles. The molecule has 0 bridgehead atoms. The number of nitrogens with two attached hydrogens (primary N) is 1. The molecule has 1 aromatic heterocycles. The van der Waals surface area contributed by atoms with E-state index < -0.39 is 0 Å². The Morgan fingerprint density at radius 1 is 1.14 bits per heavy atom. The van der Waals surface area contributed by atoms with E-state index in [1.54, 1.807) is 13.4 Å². The predicted octanol–water partition coefficient (Wildman–Crippen LogP) is 1.69. The van der Waals surface area contributed by atoms with Gasteiger partial charge in [-0.2, -0.15) is 0 Å². The highest BCUT2D eigenvalue weighted by Gasteiger charge is 2.18. The van der Waals surface area contributed by atoms with Crippen molar-refractivity contribution in [1.29, 1.82) is 0 Å². The third-order valence-corrected chi connectivity index (χ3v) is 4.87. The minimum atomic E-state index is 0.473. The standard InChI is InChI=1S/C21H30N6O2/c1-4-23-21(17-13-16(5-6-18(17)22)29-12-11-28-3)19-14-20(25-15-24-19)27-9-7-26(2)8-10-27/h5-6,13-15H,4,7-12,22H2,1-3H3. The van der Waals surface area contributed by atoms with Crippen LogP contribution in [0, 0.1) is 0 Å². The van der Waals surface area contributed by atoms with Gasteiger partial charge in [0.15, 0.2) is 0 Å². The van der Waals surface area contributed by atoms with E-state index in [1.165, 1.54) is 0 Å². The van der Waals surface area contributed by atoms with E-state index >= 15 is 0 Å². The number of anilines is 2. The van der Waals surface area contributed by atoms with Gasteiger partial charge < -0.3 is 25.0 Å². The normalized spacial score (nSPS) is 15.6. The Morgan fingerprint density at radius 2 is 1.93 bits per heavy atom. The molecule has 0 saturated carbocycles. The zero-order chi connectivity index (χ0) is 20.6. The summed E-state index contributed by atoms with van der Waals surface area (Å²) < 4.78 is 10.8. The quantitative estimate of drug-likeness (QED) is 0.411. The van der Waals surface area contributed by atoms with Gasteiger partial charge in [0.2, 0.25) is 0 Å². The Bertz CT molecular complexity index is 834. The van der Waals surface area contributed by atoms with Crippen molar-refractivity contribution in [3.05, 3.63) is 41.9 Å². The monoisotopic (exact) mass is 398 g/mol. The molecule has 0 aliphatic carbocycles. The second kappa shape index (κ2) is 10.2. The van der Waals surface area contributed by atoms with Gasteiger partial charge in [0.1, 0.15) is 24.5 Å². The van der Waals surface area contributed by atoms with Gasteiger partial charge in [0.25, 0.3) is 0 Å². The second-order valence-corrected chi connectivity index (χ2v) is 6.97. The molecule has 0 unspecified atom stereocenters. The van der Waals surface area contributed by atoms with Crippen LogP contribution < -0.4 is 15.4 Å². The van der Waals surface area contributed by atoms with Crippen molar-refractivity contribution in [1.82, 2.24) is 14.9 Å². The van der Waals surface area contributed by atoms with E-state index in [2.05, 4.69) is 26.8 Å². The Hall–Kier alpha value is -2.71. The molecule has 8 heteroatoms. The molecule has 1 saturated heterocycles.